The number of piperazine rings is 1. The van der Waals surface area contributed by atoms with Crippen LogP contribution in [0.2, 0.25) is 0 Å². The zero-order valence-corrected chi connectivity index (χ0v) is 24.9. The van der Waals surface area contributed by atoms with Crippen molar-refractivity contribution in [1.82, 2.24) is 19.8 Å². The molecule has 5 rings (SSSR count). The van der Waals surface area contributed by atoms with Crippen LogP contribution < -0.4 is 15.4 Å². The van der Waals surface area contributed by atoms with Crippen LogP contribution in [0.15, 0.2) is 72.9 Å². The van der Waals surface area contributed by atoms with Crippen LogP contribution in [-0.2, 0) is 6.54 Å². The van der Waals surface area contributed by atoms with Crippen LogP contribution in [0.25, 0.3) is 11.3 Å². The Morgan fingerprint density at radius 3 is 2.25 bits per heavy atom. The number of hydrogen-bond donors (Lipinski definition) is 2. The molecule has 0 spiro atoms. The third kappa shape index (κ3) is 8.12. The van der Waals surface area contributed by atoms with E-state index in [1.807, 2.05) is 19.9 Å². The lowest BCUT2D eigenvalue weighted by atomic mass is 10.1. The monoisotopic (exact) mass is 604 g/mol. The molecule has 230 valence electrons. The molecule has 2 N–H and O–H groups in total. The number of nitrogens with zero attached hydrogens (tertiary/aromatic N) is 4. The molecule has 0 bridgehead atoms. The molecule has 11 heteroatoms. The number of rotatable bonds is 9. The lowest BCUT2D eigenvalue weighted by Gasteiger charge is -2.34. The molecule has 1 fully saturated rings. The number of aromatic nitrogens is 2. The van der Waals surface area contributed by atoms with Gasteiger partial charge in [0.25, 0.3) is 5.91 Å². The number of nitrogens with one attached hydrogen (secondary N) is 2. The van der Waals surface area contributed by atoms with E-state index in [9.17, 15) is 18.0 Å². The normalized spacial score (nSPS) is 14.3. The van der Waals surface area contributed by atoms with Crippen molar-refractivity contribution in [3.8, 4) is 17.0 Å². The highest BCUT2D eigenvalue weighted by atomic mass is 19.4. The van der Waals surface area contributed by atoms with Crippen molar-refractivity contribution in [3.05, 3.63) is 95.2 Å². The lowest BCUT2D eigenvalue weighted by molar-refractivity contribution is -0.274. The van der Waals surface area contributed by atoms with Crippen LogP contribution in [-0.4, -0.2) is 64.8 Å². The van der Waals surface area contributed by atoms with E-state index < -0.39 is 6.36 Å². The largest absolute Gasteiger partial charge is 0.573 e. The summed E-state index contributed by atoms with van der Waals surface area (Å²) in [6, 6.07) is 18.7. The molecule has 2 heterocycles. The Hall–Kier alpha value is -4.48. The molecular formula is C33H35F3N6O2. The summed E-state index contributed by atoms with van der Waals surface area (Å²) in [6.07, 6.45) is -3.12. The molecule has 3 aromatic carbocycles. The van der Waals surface area contributed by atoms with Crippen molar-refractivity contribution in [2.75, 3.05) is 43.4 Å². The molecule has 8 nitrogen and oxygen atoms in total. The molecule has 0 aliphatic carbocycles. The third-order valence-electron chi connectivity index (χ3n) is 7.60. The van der Waals surface area contributed by atoms with Gasteiger partial charge >= 0.3 is 6.36 Å². The fourth-order valence-electron chi connectivity index (χ4n) is 5.06. The average molecular weight is 605 g/mol. The predicted molar refractivity (Wildman–Crippen MR) is 165 cm³/mol. The number of likely N-dealkylation sites (N-methyl/N-ethyl adjacent to an activating group) is 1. The number of anilines is 3. The number of amides is 1. The first-order chi connectivity index (χ1) is 21.1. The van der Waals surface area contributed by atoms with E-state index in [0.717, 1.165) is 56.1 Å². The Kier molecular flexibility index (Phi) is 9.46. The zero-order chi connectivity index (χ0) is 31.3. The van der Waals surface area contributed by atoms with E-state index in [2.05, 4.69) is 54.2 Å². The van der Waals surface area contributed by atoms with Gasteiger partial charge in [0.1, 0.15) is 5.75 Å². The average Bonchev–Trinajstić information content (AvgIpc) is 3.00. The van der Waals surface area contributed by atoms with Crippen LogP contribution in [0.5, 0.6) is 5.75 Å². The van der Waals surface area contributed by atoms with E-state index in [1.165, 1.54) is 29.8 Å². The van der Waals surface area contributed by atoms with Gasteiger partial charge in [-0.15, -0.1) is 13.2 Å². The van der Waals surface area contributed by atoms with Crippen molar-refractivity contribution < 1.29 is 22.7 Å². The molecule has 1 saturated heterocycles. The fraction of sp³-hybridized carbons (Fsp3) is 0.303. The minimum Gasteiger partial charge on any atom is -0.406 e. The summed E-state index contributed by atoms with van der Waals surface area (Å²) in [4.78, 5) is 26.9. The van der Waals surface area contributed by atoms with Crippen molar-refractivity contribution in [2.24, 2.45) is 0 Å². The van der Waals surface area contributed by atoms with Gasteiger partial charge in [0.05, 0.1) is 5.69 Å². The second-order valence-electron chi connectivity index (χ2n) is 10.8. The van der Waals surface area contributed by atoms with Crippen molar-refractivity contribution in [1.29, 1.82) is 0 Å². The van der Waals surface area contributed by atoms with Gasteiger partial charge in [-0.1, -0.05) is 19.1 Å². The summed E-state index contributed by atoms with van der Waals surface area (Å²) in [6.45, 7) is 12.1. The van der Waals surface area contributed by atoms with Crippen LogP contribution >= 0.6 is 0 Å². The molecule has 0 unspecified atom stereocenters. The van der Waals surface area contributed by atoms with Gasteiger partial charge in [0.15, 0.2) is 0 Å². The molecule has 1 aliphatic heterocycles. The number of carbonyl (C=O) groups excluding carboxylic acids is 1. The van der Waals surface area contributed by atoms with Crippen molar-refractivity contribution in [2.45, 2.75) is 33.7 Å². The van der Waals surface area contributed by atoms with Crippen molar-refractivity contribution in [3.63, 3.8) is 0 Å². The Morgan fingerprint density at radius 2 is 1.59 bits per heavy atom. The minimum atomic E-state index is -4.76. The quantitative estimate of drug-likeness (QED) is 0.218. The van der Waals surface area contributed by atoms with E-state index in [1.54, 1.807) is 30.5 Å². The predicted octanol–water partition coefficient (Wildman–Crippen LogP) is 6.79. The standard InChI is InChI=1S/C33H35F3N6O2/c1-4-41-15-17-42(18-16-41)21-24-6-5-22(2)29(19-24)39-31(43)26-7-11-27(12-8-26)38-32-37-20-23(3)30(40-32)25-9-13-28(14-10-25)44-33(34,35)36/h5-14,19-20H,4,15-18,21H2,1-3H3,(H,39,43)(H,37,38,40). The van der Waals surface area contributed by atoms with Crippen LogP contribution in [0.1, 0.15) is 34.0 Å². The Balaban J connectivity index is 1.21. The Labute approximate surface area is 254 Å². The molecule has 1 amide bonds. The number of hydrogen-bond acceptors (Lipinski definition) is 7. The maximum absolute atomic E-state index is 13.1. The first-order valence-electron chi connectivity index (χ1n) is 14.5. The number of halogens is 3. The second-order valence-corrected chi connectivity index (χ2v) is 10.8. The summed E-state index contributed by atoms with van der Waals surface area (Å²) >= 11 is 0. The Bertz CT molecular complexity index is 1590. The molecule has 1 aromatic heterocycles. The summed E-state index contributed by atoms with van der Waals surface area (Å²) in [5.74, 6) is -0.207. The van der Waals surface area contributed by atoms with Gasteiger partial charge in [-0.3, -0.25) is 9.69 Å². The molecule has 0 radical (unpaired) electrons. The molecule has 0 saturated carbocycles. The first-order valence-corrected chi connectivity index (χ1v) is 14.5. The summed E-state index contributed by atoms with van der Waals surface area (Å²) < 4.78 is 41.5. The van der Waals surface area contributed by atoms with E-state index in [4.69, 9.17) is 0 Å². The molecule has 0 atom stereocenters. The first kappa shape index (κ1) is 31.0. The van der Waals surface area contributed by atoms with Gasteiger partial charge in [-0.05, 0) is 91.7 Å². The number of ether oxygens (including phenoxy) is 1. The summed E-state index contributed by atoms with van der Waals surface area (Å²) in [5.41, 5.74) is 6.07. The highest BCUT2D eigenvalue weighted by molar-refractivity contribution is 6.04. The molecular weight excluding hydrogens is 569 g/mol. The fourth-order valence-corrected chi connectivity index (χ4v) is 5.06. The van der Waals surface area contributed by atoms with E-state index in [-0.39, 0.29) is 11.7 Å². The van der Waals surface area contributed by atoms with E-state index in [0.29, 0.717) is 28.5 Å². The topological polar surface area (TPSA) is 82.6 Å². The number of benzene rings is 3. The lowest BCUT2D eigenvalue weighted by Crippen LogP contribution is -2.45. The second kappa shape index (κ2) is 13.4. The molecule has 1 aliphatic rings. The maximum atomic E-state index is 13.1. The maximum Gasteiger partial charge on any atom is 0.573 e. The highest BCUT2D eigenvalue weighted by Gasteiger charge is 2.31. The highest BCUT2D eigenvalue weighted by Crippen LogP contribution is 2.28. The zero-order valence-electron chi connectivity index (χ0n) is 24.9. The Morgan fingerprint density at radius 1 is 0.909 bits per heavy atom. The van der Waals surface area contributed by atoms with E-state index >= 15 is 0 Å². The molecule has 44 heavy (non-hydrogen) atoms. The van der Waals surface area contributed by atoms with Crippen LogP contribution in [0.4, 0.5) is 30.5 Å². The number of alkyl halides is 3. The summed E-state index contributed by atoms with van der Waals surface area (Å²) in [7, 11) is 0. The van der Waals surface area contributed by atoms with Gasteiger partial charge in [-0.25, -0.2) is 9.97 Å². The molecule has 4 aromatic rings. The van der Waals surface area contributed by atoms with Gasteiger partial charge in [0.2, 0.25) is 5.95 Å². The van der Waals surface area contributed by atoms with Gasteiger partial charge < -0.3 is 20.3 Å². The SMILES string of the molecule is CCN1CCN(Cc2ccc(C)c(NC(=O)c3ccc(Nc4ncc(C)c(-c5ccc(OC(F)(F)F)cc5)n4)cc3)c2)CC1. The van der Waals surface area contributed by atoms with Crippen molar-refractivity contribution >= 4 is 23.2 Å². The van der Waals surface area contributed by atoms with Crippen LogP contribution in [0, 0.1) is 13.8 Å². The minimum absolute atomic E-state index is 0.208. The summed E-state index contributed by atoms with van der Waals surface area (Å²) in [5, 5.41) is 6.18. The van der Waals surface area contributed by atoms with Gasteiger partial charge in [0, 0.05) is 61.4 Å². The number of aryl methyl sites for hydroxylation is 2. The number of carbonyl (C=O) groups is 1. The third-order valence-corrected chi connectivity index (χ3v) is 7.60. The smallest absolute Gasteiger partial charge is 0.406 e. The van der Waals surface area contributed by atoms with Crippen LogP contribution in [0.3, 0.4) is 0 Å². The van der Waals surface area contributed by atoms with Gasteiger partial charge in [-0.2, -0.15) is 0 Å².